The molecular formula is C33H25N5O11S3. The monoisotopic (exact) mass is 763 g/mol. The molecule has 0 aromatic heterocycles. The normalized spacial score (nSPS) is 12.7. The summed E-state index contributed by atoms with van der Waals surface area (Å²) in [6, 6.07) is 22.8. The number of nitrogens with one attached hydrogen (secondary N) is 1. The Balaban J connectivity index is 1.36. The molecular weight excluding hydrogens is 739 g/mol. The quantitative estimate of drug-likeness (QED) is 0.0604. The number of azo groups is 2. The van der Waals surface area contributed by atoms with Gasteiger partial charge in [-0.25, -0.2) is 0 Å². The summed E-state index contributed by atoms with van der Waals surface area (Å²) >= 11 is 0. The maximum absolute atomic E-state index is 12.4. The van der Waals surface area contributed by atoms with E-state index >= 15 is 0 Å². The van der Waals surface area contributed by atoms with Crippen LogP contribution in [0.1, 0.15) is 5.56 Å². The average Bonchev–Trinajstić information content (AvgIpc) is 3.06. The number of fused-ring (bicyclic) bond motifs is 2. The summed E-state index contributed by atoms with van der Waals surface area (Å²) in [4.78, 5) is -2.10. The fourth-order valence-electron chi connectivity index (χ4n) is 5.29. The lowest BCUT2D eigenvalue weighted by Gasteiger charge is -2.12. The van der Waals surface area contributed by atoms with Crippen molar-refractivity contribution in [2.24, 2.45) is 20.5 Å². The third-order valence-corrected chi connectivity index (χ3v) is 10.3. The highest BCUT2D eigenvalue weighted by molar-refractivity contribution is 7.86. The zero-order valence-corrected chi connectivity index (χ0v) is 28.9. The van der Waals surface area contributed by atoms with E-state index in [1.807, 2.05) is 30.3 Å². The van der Waals surface area contributed by atoms with Gasteiger partial charge in [-0.05, 0) is 78.5 Å². The zero-order valence-electron chi connectivity index (χ0n) is 26.4. The van der Waals surface area contributed by atoms with Gasteiger partial charge in [0.2, 0.25) is 0 Å². The van der Waals surface area contributed by atoms with Gasteiger partial charge in [0, 0.05) is 33.6 Å². The van der Waals surface area contributed by atoms with E-state index in [0.29, 0.717) is 11.3 Å². The molecule has 0 saturated carbocycles. The number of phenols is 2. The van der Waals surface area contributed by atoms with Crippen LogP contribution >= 0.6 is 0 Å². The van der Waals surface area contributed by atoms with Gasteiger partial charge in [-0.15, -0.1) is 15.3 Å². The third-order valence-electron chi connectivity index (χ3n) is 7.67. The van der Waals surface area contributed by atoms with Crippen molar-refractivity contribution in [3.63, 3.8) is 0 Å². The standard InChI is InChI=1S/C33H25N5O11S3/c1-18-12-27(37-35-22-15-25-24(30(16-22)51(44,45)46)8-5-9-29(25)50(41,42)43)28(39)17-26(18)36-38-32-31(52(47,48)49)14-19-13-21(10-11-23(19)33(32)40)34-20-6-3-2-4-7-20/h2-17,34,39-40H,1H3,(H,41,42,43)(H,44,45,46)(H,47,48,49). The predicted octanol–water partition coefficient (Wildman–Crippen LogP) is 8.03. The summed E-state index contributed by atoms with van der Waals surface area (Å²) in [6.45, 7) is 1.52. The summed E-state index contributed by atoms with van der Waals surface area (Å²) in [5.74, 6) is -1.13. The van der Waals surface area contributed by atoms with Gasteiger partial charge in [-0.2, -0.15) is 30.4 Å². The van der Waals surface area contributed by atoms with Crippen LogP contribution < -0.4 is 5.32 Å². The van der Waals surface area contributed by atoms with Crippen molar-refractivity contribution in [2.75, 3.05) is 5.32 Å². The van der Waals surface area contributed by atoms with Crippen LogP contribution in [-0.4, -0.2) is 49.1 Å². The van der Waals surface area contributed by atoms with Crippen LogP contribution in [0.15, 0.2) is 132 Å². The number of hydrogen-bond acceptors (Lipinski definition) is 13. The van der Waals surface area contributed by atoms with Crippen molar-refractivity contribution in [3.05, 3.63) is 103 Å². The third kappa shape index (κ3) is 7.44. The fourth-order valence-corrected chi connectivity index (χ4v) is 7.37. The summed E-state index contributed by atoms with van der Waals surface area (Å²) in [5, 5.41) is 40.6. The second-order valence-electron chi connectivity index (χ2n) is 11.2. The number of benzene rings is 6. The van der Waals surface area contributed by atoms with Crippen molar-refractivity contribution < 1.29 is 49.1 Å². The molecule has 6 rings (SSSR count). The van der Waals surface area contributed by atoms with Gasteiger partial charge in [0.15, 0.2) is 5.75 Å². The first-order chi connectivity index (χ1) is 24.4. The first kappa shape index (κ1) is 36.0. The molecule has 0 unspecified atom stereocenters. The largest absolute Gasteiger partial charge is 0.506 e. The van der Waals surface area contributed by atoms with Crippen LogP contribution in [0, 0.1) is 6.92 Å². The predicted molar refractivity (Wildman–Crippen MR) is 190 cm³/mol. The van der Waals surface area contributed by atoms with Crippen molar-refractivity contribution in [1.82, 2.24) is 0 Å². The van der Waals surface area contributed by atoms with E-state index in [4.69, 9.17) is 0 Å². The van der Waals surface area contributed by atoms with Gasteiger partial charge in [-0.3, -0.25) is 13.7 Å². The Morgan fingerprint density at radius 1 is 0.538 bits per heavy atom. The zero-order chi connectivity index (χ0) is 37.6. The molecule has 0 bridgehead atoms. The Morgan fingerprint density at radius 2 is 1.21 bits per heavy atom. The molecule has 266 valence electrons. The molecule has 52 heavy (non-hydrogen) atoms. The van der Waals surface area contributed by atoms with Crippen LogP contribution in [0.2, 0.25) is 0 Å². The van der Waals surface area contributed by atoms with E-state index in [-0.39, 0.29) is 38.6 Å². The highest BCUT2D eigenvalue weighted by Gasteiger charge is 2.23. The second kappa shape index (κ2) is 13.4. The van der Waals surface area contributed by atoms with Crippen LogP contribution in [0.3, 0.4) is 0 Å². The Hall–Kier alpha value is -5.83. The number of nitrogens with zero attached hydrogens (tertiary/aromatic N) is 4. The van der Waals surface area contributed by atoms with Crippen LogP contribution in [-0.2, 0) is 30.4 Å². The minimum absolute atomic E-state index is 0.0168. The van der Waals surface area contributed by atoms with E-state index in [2.05, 4.69) is 25.8 Å². The smallest absolute Gasteiger partial charge is 0.296 e. The number of aryl methyl sites for hydroxylation is 1. The molecule has 0 aliphatic rings. The lowest BCUT2D eigenvalue weighted by atomic mass is 10.1. The molecule has 0 amide bonds. The first-order valence-electron chi connectivity index (χ1n) is 14.7. The summed E-state index contributed by atoms with van der Waals surface area (Å²) in [5.41, 5.74) is 0.580. The maximum atomic E-state index is 12.4. The molecule has 0 spiro atoms. The maximum Gasteiger partial charge on any atom is 0.296 e. The van der Waals surface area contributed by atoms with Crippen LogP contribution in [0.4, 0.5) is 34.1 Å². The number of rotatable bonds is 9. The molecule has 0 aliphatic carbocycles. The summed E-state index contributed by atoms with van der Waals surface area (Å²) in [7, 11) is -14.7. The van der Waals surface area contributed by atoms with E-state index in [1.165, 1.54) is 31.2 Å². The lowest BCUT2D eigenvalue weighted by Crippen LogP contribution is -2.03. The molecule has 0 heterocycles. The number of aromatic hydroxyl groups is 2. The highest BCUT2D eigenvalue weighted by Crippen LogP contribution is 2.43. The molecule has 6 aromatic carbocycles. The highest BCUT2D eigenvalue weighted by atomic mass is 32.2. The Bertz CT molecular complexity index is 2830. The molecule has 6 aromatic rings. The van der Waals surface area contributed by atoms with Gasteiger partial charge in [0.25, 0.3) is 30.4 Å². The number of phenolic OH excluding ortho intramolecular Hbond substituents is 2. The lowest BCUT2D eigenvalue weighted by molar-refractivity contribution is 0.472. The Morgan fingerprint density at radius 3 is 1.88 bits per heavy atom. The van der Waals surface area contributed by atoms with Gasteiger partial charge in [-0.1, -0.05) is 30.3 Å². The first-order valence-corrected chi connectivity index (χ1v) is 19.0. The van der Waals surface area contributed by atoms with Gasteiger partial charge >= 0.3 is 0 Å². The molecule has 0 fully saturated rings. The van der Waals surface area contributed by atoms with Crippen molar-refractivity contribution in [3.8, 4) is 11.5 Å². The van der Waals surface area contributed by atoms with E-state index in [1.54, 1.807) is 12.1 Å². The molecule has 19 heteroatoms. The SMILES string of the molecule is Cc1cc(N=Nc2cc(S(=O)(=O)O)c3cccc(S(=O)(=O)O)c3c2)c(O)cc1N=Nc1c(S(=O)(=O)O)cc2cc(Nc3ccccc3)ccc2c1O. The summed E-state index contributed by atoms with van der Waals surface area (Å²) in [6.07, 6.45) is 0. The number of anilines is 2. The van der Waals surface area contributed by atoms with Gasteiger partial charge < -0.3 is 15.5 Å². The minimum Gasteiger partial charge on any atom is -0.506 e. The van der Waals surface area contributed by atoms with Crippen molar-refractivity contribution in [1.29, 1.82) is 0 Å². The number of para-hydroxylation sites is 1. The van der Waals surface area contributed by atoms with E-state index in [9.17, 15) is 49.1 Å². The van der Waals surface area contributed by atoms with E-state index < -0.39 is 62.2 Å². The summed E-state index contributed by atoms with van der Waals surface area (Å²) < 4.78 is 102. The van der Waals surface area contributed by atoms with E-state index in [0.717, 1.165) is 36.0 Å². The fraction of sp³-hybridized carbons (Fsp3) is 0.0303. The minimum atomic E-state index is -4.93. The van der Waals surface area contributed by atoms with Gasteiger partial charge in [0.05, 0.1) is 11.4 Å². The topological polar surface area (TPSA) is 265 Å². The van der Waals surface area contributed by atoms with Gasteiger partial charge in [0.1, 0.15) is 31.8 Å². The Kier molecular flexibility index (Phi) is 9.25. The molecule has 0 atom stereocenters. The molecule has 6 N–H and O–H groups in total. The molecule has 0 aliphatic heterocycles. The Labute approximate surface area is 295 Å². The number of hydrogen-bond donors (Lipinski definition) is 6. The molecule has 0 radical (unpaired) electrons. The van der Waals surface area contributed by atoms with Crippen molar-refractivity contribution in [2.45, 2.75) is 21.6 Å². The molecule has 0 saturated heterocycles. The van der Waals surface area contributed by atoms with Crippen LogP contribution in [0.25, 0.3) is 21.5 Å². The average molecular weight is 764 g/mol. The second-order valence-corrected chi connectivity index (χ2v) is 15.4. The molecule has 16 nitrogen and oxygen atoms in total. The van der Waals surface area contributed by atoms with Crippen LogP contribution in [0.5, 0.6) is 11.5 Å². The van der Waals surface area contributed by atoms with Crippen molar-refractivity contribution >= 4 is 86.0 Å².